The number of amides is 1. The molecule has 1 rings (SSSR count). The van der Waals surface area contributed by atoms with Gasteiger partial charge in [-0.3, -0.25) is 4.90 Å². The molecule has 1 aliphatic heterocycles. The number of carbonyl (C=O) groups excluding carboxylic acids is 1. The van der Waals surface area contributed by atoms with Crippen molar-refractivity contribution in [2.75, 3.05) is 13.1 Å². The van der Waals surface area contributed by atoms with E-state index in [9.17, 15) is 4.79 Å². The summed E-state index contributed by atoms with van der Waals surface area (Å²) in [5.74, 6) is 0. The summed E-state index contributed by atoms with van der Waals surface area (Å²) in [5, 5.41) is 11.8. The summed E-state index contributed by atoms with van der Waals surface area (Å²) >= 11 is 0. The highest BCUT2D eigenvalue weighted by Crippen LogP contribution is 2.14. The fourth-order valence-electron chi connectivity index (χ4n) is 2.03. The molecule has 1 N–H and O–H groups in total. The molecule has 0 aromatic carbocycles. The van der Waals surface area contributed by atoms with E-state index in [0.717, 1.165) is 19.4 Å². The first-order valence-electron chi connectivity index (χ1n) is 6.45. The number of likely N-dealkylation sites (tertiary alicyclic amines) is 1. The molecule has 0 radical (unpaired) electrons. The summed E-state index contributed by atoms with van der Waals surface area (Å²) in [6, 6.07) is 2.20. The monoisotopic (exact) mass is 253 g/mol. The Hall–Kier alpha value is -1.28. The molecule has 102 valence electrons. The molecular weight excluding hydrogens is 230 g/mol. The molecular formula is C13H23N3O2. The van der Waals surface area contributed by atoms with Crippen LogP contribution in [0.15, 0.2) is 0 Å². The smallest absolute Gasteiger partial charge is 0.407 e. The first-order chi connectivity index (χ1) is 8.31. The van der Waals surface area contributed by atoms with Gasteiger partial charge in [0.05, 0.1) is 12.1 Å². The number of hydrogen-bond donors (Lipinski definition) is 1. The Morgan fingerprint density at radius 3 is 2.78 bits per heavy atom. The molecule has 1 heterocycles. The van der Waals surface area contributed by atoms with E-state index in [1.165, 1.54) is 0 Å². The molecule has 18 heavy (non-hydrogen) atoms. The fourth-order valence-corrected chi connectivity index (χ4v) is 2.03. The third-order valence-corrected chi connectivity index (χ3v) is 2.91. The summed E-state index contributed by atoms with van der Waals surface area (Å²) in [6.45, 7) is 9.05. The minimum absolute atomic E-state index is 0.0735. The Morgan fingerprint density at radius 1 is 1.56 bits per heavy atom. The molecule has 5 heteroatoms. The second-order valence-electron chi connectivity index (χ2n) is 5.79. The molecule has 0 aliphatic carbocycles. The van der Waals surface area contributed by atoms with Gasteiger partial charge in [-0.25, -0.2) is 4.79 Å². The zero-order valence-corrected chi connectivity index (χ0v) is 11.7. The number of alkyl carbamates (subject to hydrolysis) is 1. The van der Waals surface area contributed by atoms with Crippen LogP contribution in [0.1, 0.15) is 40.5 Å². The third-order valence-electron chi connectivity index (χ3n) is 2.91. The van der Waals surface area contributed by atoms with Gasteiger partial charge in [0.1, 0.15) is 5.60 Å². The highest BCUT2D eigenvalue weighted by molar-refractivity contribution is 5.68. The van der Waals surface area contributed by atoms with E-state index in [2.05, 4.69) is 16.3 Å². The van der Waals surface area contributed by atoms with Crippen molar-refractivity contribution in [3.63, 3.8) is 0 Å². The summed E-state index contributed by atoms with van der Waals surface area (Å²) in [4.78, 5) is 13.7. The zero-order chi connectivity index (χ0) is 13.8. The minimum atomic E-state index is -0.474. The highest BCUT2D eigenvalue weighted by Gasteiger charge is 2.26. The summed E-state index contributed by atoms with van der Waals surface area (Å²) in [7, 11) is 0. The molecule has 0 saturated carbocycles. The van der Waals surface area contributed by atoms with Gasteiger partial charge < -0.3 is 10.1 Å². The van der Waals surface area contributed by atoms with Crippen molar-refractivity contribution in [3.8, 4) is 6.07 Å². The van der Waals surface area contributed by atoms with Gasteiger partial charge >= 0.3 is 6.09 Å². The van der Waals surface area contributed by atoms with E-state index >= 15 is 0 Å². The number of nitrogens with zero attached hydrogens (tertiary/aromatic N) is 2. The lowest BCUT2D eigenvalue weighted by Gasteiger charge is -2.34. The average Bonchev–Trinajstić information content (AvgIpc) is 2.25. The number of ether oxygens (including phenoxy) is 1. The minimum Gasteiger partial charge on any atom is -0.444 e. The summed E-state index contributed by atoms with van der Waals surface area (Å²) < 4.78 is 5.23. The topological polar surface area (TPSA) is 65.4 Å². The number of carbonyl (C=O) groups is 1. The van der Waals surface area contributed by atoms with Gasteiger partial charge in [-0.15, -0.1) is 0 Å². The molecule has 0 bridgehead atoms. The van der Waals surface area contributed by atoms with E-state index in [0.29, 0.717) is 6.54 Å². The summed E-state index contributed by atoms with van der Waals surface area (Å²) in [5.41, 5.74) is -0.474. The molecule has 0 spiro atoms. The Kier molecular flexibility index (Phi) is 4.97. The normalized spacial score (nSPS) is 22.9. The molecule has 1 aliphatic rings. The van der Waals surface area contributed by atoms with Crippen molar-refractivity contribution in [1.82, 2.24) is 10.2 Å². The van der Waals surface area contributed by atoms with Crippen LogP contribution < -0.4 is 5.32 Å². The zero-order valence-electron chi connectivity index (χ0n) is 11.7. The van der Waals surface area contributed by atoms with Gasteiger partial charge in [-0.05, 0) is 47.1 Å². The average molecular weight is 253 g/mol. The second-order valence-corrected chi connectivity index (χ2v) is 5.79. The molecule has 5 nitrogen and oxygen atoms in total. The predicted octanol–water partition coefficient (Wildman–Crippen LogP) is 1.89. The Bertz CT molecular complexity index is 330. The van der Waals surface area contributed by atoms with E-state index in [-0.39, 0.29) is 18.2 Å². The van der Waals surface area contributed by atoms with Crippen molar-refractivity contribution in [1.29, 1.82) is 5.26 Å². The van der Waals surface area contributed by atoms with Crippen LogP contribution in [0, 0.1) is 11.3 Å². The summed E-state index contributed by atoms with van der Waals surface area (Å²) in [6.07, 6.45) is 1.55. The third kappa shape index (κ3) is 4.92. The Balaban J connectivity index is 2.43. The molecule has 0 aromatic heterocycles. The van der Waals surface area contributed by atoms with Crippen molar-refractivity contribution >= 4 is 6.09 Å². The van der Waals surface area contributed by atoms with Crippen molar-refractivity contribution in [2.24, 2.45) is 0 Å². The lowest BCUT2D eigenvalue weighted by atomic mass is 10.0. The largest absolute Gasteiger partial charge is 0.444 e. The molecule has 1 amide bonds. The number of nitrogens with one attached hydrogen (secondary N) is 1. The Labute approximate surface area is 109 Å². The standard InChI is InChI=1S/C13H23N3O2/c1-10(8-14)16-7-5-6-11(9-16)15-12(17)18-13(2,3)4/h10-11H,5-7,9H2,1-4H3,(H,15,17)/t10?,11-/m1/s1. The van der Waals surface area contributed by atoms with Crippen molar-refractivity contribution in [2.45, 2.75) is 58.2 Å². The number of rotatable bonds is 2. The van der Waals surface area contributed by atoms with Crippen LogP contribution in [0.4, 0.5) is 4.79 Å². The van der Waals surface area contributed by atoms with Gasteiger partial charge in [0.15, 0.2) is 0 Å². The van der Waals surface area contributed by atoms with Crippen LogP contribution >= 0.6 is 0 Å². The van der Waals surface area contributed by atoms with Crippen molar-refractivity contribution < 1.29 is 9.53 Å². The lowest BCUT2D eigenvalue weighted by molar-refractivity contribution is 0.0467. The molecule has 1 unspecified atom stereocenters. The highest BCUT2D eigenvalue weighted by atomic mass is 16.6. The van der Waals surface area contributed by atoms with E-state index < -0.39 is 5.60 Å². The second kappa shape index (κ2) is 6.05. The molecule has 1 fully saturated rings. The predicted molar refractivity (Wildman–Crippen MR) is 69.0 cm³/mol. The lowest BCUT2D eigenvalue weighted by Crippen LogP contribution is -2.50. The fraction of sp³-hybridized carbons (Fsp3) is 0.846. The van der Waals surface area contributed by atoms with Crippen LogP contribution in [0.3, 0.4) is 0 Å². The Morgan fingerprint density at radius 2 is 2.22 bits per heavy atom. The first-order valence-corrected chi connectivity index (χ1v) is 6.45. The van der Waals surface area contributed by atoms with Gasteiger partial charge in [0.2, 0.25) is 0 Å². The number of hydrogen-bond acceptors (Lipinski definition) is 4. The molecule has 0 aromatic rings. The van der Waals surface area contributed by atoms with Crippen LogP contribution in [0.5, 0.6) is 0 Å². The SMILES string of the molecule is CC(C#N)N1CCC[C@@H](NC(=O)OC(C)(C)C)C1. The van der Waals surface area contributed by atoms with Crippen LogP contribution in [0.2, 0.25) is 0 Å². The van der Waals surface area contributed by atoms with Crippen LogP contribution in [-0.2, 0) is 4.74 Å². The molecule has 2 atom stereocenters. The van der Waals surface area contributed by atoms with Gasteiger partial charge in [-0.2, -0.15) is 5.26 Å². The van der Waals surface area contributed by atoms with Gasteiger partial charge in [-0.1, -0.05) is 0 Å². The number of piperidine rings is 1. The maximum Gasteiger partial charge on any atom is 0.407 e. The number of nitriles is 1. The van der Waals surface area contributed by atoms with E-state index in [4.69, 9.17) is 10.00 Å². The maximum atomic E-state index is 11.7. The van der Waals surface area contributed by atoms with E-state index in [1.807, 2.05) is 27.7 Å². The van der Waals surface area contributed by atoms with Crippen molar-refractivity contribution in [3.05, 3.63) is 0 Å². The quantitative estimate of drug-likeness (QED) is 0.816. The van der Waals surface area contributed by atoms with Gasteiger partial charge in [0, 0.05) is 12.6 Å². The van der Waals surface area contributed by atoms with Crippen LogP contribution in [0.25, 0.3) is 0 Å². The van der Waals surface area contributed by atoms with E-state index in [1.54, 1.807) is 0 Å². The van der Waals surface area contributed by atoms with Crippen LogP contribution in [-0.4, -0.2) is 41.8 Å². The maximum absolute atomic E-state index is 11.7. The first kappa shape index (κ1) is 14.8. The molecule has 1 saturated heterocycles. The van der Waals surface area contributed by atoms with Gasteiger partial charge in [0.25, 0.3) is 0 Å².